The largest absolute Gasteiger partial charge is 0.497 e. The molecule has 0 bridgehead atoms. The summed E-state index contributed by atoms with van der Waals surface area (Å²) in [5.74, 6) is 1.01. The van der Waals surface area contributed by atoms with Crippen LogP contribution in [0.5, 0.6) is 11.5 Å². The minimum absolute atomic E-state index is 0.0520. The molecule has 12 heteroatoms. The molecule has 0 unspecified atom stereocenters. The van der Waals surface area contributed by atoms with Crippen LogP contribution in [0.1, 0.15) is 25.7 Å². The van der Waals surface area contributed by atoms with E-state index in [1.54, 1.807) is 49.6 Å². The van der Waals surface area contributed by atoms with Gasteiger partial charge in [-0.3, -0.25) is 0 Å². The van der Waals surface area contributed by atoms with Crippen LogP contribution in [0.15, 0.2) is 71.6 Å². The third kappa shape index (κ3) is 5.59. The number of H-pyrrole nitrogens is 1. The molecule has 38 heavy (non-hydrogen) atoms. The van der Waals surface area contributed by atoms with Gasteiger partial charge in [-0.2, -0.15) is 8.42 Å². The molecule has 5 rings (SSSR count). The number of nitrogens with zero attached hydrogens (tertiary/aromatic N) is 2. The van der Waals surface area contributed by atoms with E-state index < -0.39 is 16.1 Å². The van der Waals surface area contributed by atoms with Gasteiger partial charge in [0.05, 0.1) is 23.8 Å². The maximum absolute atomic E-state index is 12.9. The van der Waals surface area contributed by atoms with Crippen molar-refractivity contribution < 1.29 is 22.1 Å². The average molecular weight is 537 g/mol. The molecule has 198 valence electrons. The molecule has 1 aromatic heterocycles. The predicted molar refractivity (Wildman–Crippen MR) is 144 cm³/mol. The first-order chi connectivity index (χ1) is 18.3. The van der Waals surface area contributed by atoms with E-state index in [0.717, 1.165) is 18.5 Å². The fraction of sp³-hybridized carbons (Fsp3) is 0.231. The number of ether oxygens (including phenoxy) is 1. The number of hydrogen-bond acceptors (Lipinski definition) is 8. The number of carbonyl (C=O) groups excluding carboxylic acids is 1. The van der Waals surface area contributed by atoms with Gasteiger partial charge in [-0.1, -0.05) is 12.8 Å². The van der Waals surface area contributed by atoms with Gasteiger partial charge in [-0.05, 0) is 73.5 Å². The van der Waals surface area contributed by atoms with E-state index in [-0.39, 0.29) is 16.6 Å². The van der Waals surface area contributed by atoms with Crippen LogP contribution >= 0.6 is 0 Å². The van der Waals surface area contributed by atoms with Gasteiger partial charge in [-0.25, -0.2) is 20.2 Å². The molecule has 1 saturated carbocycles. The number of anilines is 3. The molecule has 0 atom stereocenters. The Bertz CT molecular complexity index is 1530. The normalized spacial score (nSPS) is 13.8. The lowest BCUT2D eigenvalue weighted by Gasteiger charge is -2.21. The van der Waals surface area contributed by atoms with Crippen molar-refractivity contribution in [2.75, 3.05) is 17.4 Å². The van der Waals surface area contributed by atoms with E-state index in [0.29, 0.717) is 28.5 Å². The van der Waals surface area contributed by atoms with E-state index >= 15 is 0 Å². The number of aromatic nitrogens is 2. The maximum atomic E-state index is 12.9. The molecule has 0 radical (unpaired) electrons. The van der Waals surface area contributed by atoms with Crippen LogP contribution in [-0.4, -0.2) is 37.6 Å². The lowest BCUT2D eigenvalue weighted by Crippen LogP contribution is -2.42. The molecule has 1 aliphatic rings. The molecule has 0 saturated heterocycles. The van der Waals surface area contributed by atoms with Crippen molar-refractivity contribution >= 4 is 44.5 Å². The quantitative estimate of drug-likeness (QED) is 0.181. The number of rotatable bonds is 9. The highest BCUT2D eigenvalue weighted by molar-refractivity contribution is 7.87. The van der Waals surface area contributed by atoms with E-state index in [1.165, 1.54) is 42.1 Å². The lowest BCUT2D eigenvalue weighted by atomic mass is 10.2. The Labute approximate surface area is 220 Å². The summed E-state index contributed by atoms with van der Waals surface area (Å²) in [6, 6.07) is 17.7. The maximum Gasteiger partial charge on any atom is 0.339 e. The molecular weight excluding hydrogens is 508 g/mol. The summed E-state index contributed by atoms with van der Waals surface area (Å²) in [4.78, 5) is 19.3. The zero-order valence-electron chi connectivity index (χ0n) is 20.7. The van der Waals surface area contributed by atoms with Crippen LogP contribution in [0.4, 0.5) is 22.1 Å². The number of aromatic amines is 1. The van der Waals surface area contributed by atoms with Crippen molar-refractivity contribution in [2.24, 2.45) is 5.73 Å². The minimum Gasteiger partial charge on any atom is -0.497 e. The zero-order chi connectivity index (χ0) is 26.7. The van der Waals surface area contributed by atoms with E-state index in [4.69, 9.17) is 14.7 Å². The van der Waals surface area contributed by atoms with Gasteiger partial charge in [0, 0.05) is 17.8 Å². The Morgan fingerprint density at radius 3 is 2.37 bits per heavy atom. The fourth-order valence-corrected chi connectivity index (χ4v) is 5.34. The number of urea groups is 1. The highest BCUT2D eigenvalue weighted by atomic mass is 32.2. The molecule has 1 aliphatic carbocycles. The number of hydrogen-bond donors (Lipinski definition) is 4. The average Bonchev–Trinajstić information content (AvgIpc) is 3.57. The number of nitrogens with one attached hydrogen (secondary N) is 3. The van der Waals surface area contributed by atoms with Crippen molar-refractivity contribution in [3.05, 3.63) is 66.7 Å². The number of nitrogens with two attached hydrogens (primary N) is 1. The third-order valence-corrected chi connectivity index (χ3v) is 7.54. The molecule has 1 fully saturated rings. The minimum atomic E-state index is -4.06. The molecule has 5 N–H and O–H groups in total. The molecule has 3 aromatic carbocycles. The molecule has 11 nitrogen and oxygen atoms in total. The fourth-order valence-electron chi connectivity index (χ4n) is 4.41. The monoisotopic (exact) mass is 536 g/mol. The molecule has 2 amide bonds. The Balaban J connectivity index is 1.35. The van der Waals surface area contributed by atoms with E-state index in [1.807, 2.05) is 0 Å². The Morgan fingerprint density at radius 2 is 1.71 bits per heavy atom. The predicted octanol–water partition coefficient (Wildman–Crippen LogP) is 4.42. The topological polar surface area (TPSA) is 152 Å². The van der Waals surface area contributed by atoms with E-state index in [9.17, 15) is 13.2 Å². The Morgan fingerprint density at radius 1 is 1.03 bits per heavy atom. The highest BCUT2D eigenvalue weighted by Crippen LogP contribution is 2.29. The molecule has 0 aliphatic heterocycles. The lowest BCUT2D eigenvalue weighted by molar-refractivity contribution is 0.249. The Kier molecular flexibility index (Phi) is 6.97. The van der Waals surface area contributed by atoms with Crippen LogP contribution < -0.4 is 30.4 Å². The Hall–Kier alpha value is -4.45. The SMILES string of the molecule is COc1ccc(N(NC(N)=O)c2nc3ccc(OS(=O)(=O)c4ccc(NC5CCCC5)cc4)cc3[nH]2)cc1. The summed E-state index contributed by atoms with van der Waals surface area (Å²) in [5.41, 5.74) is 10.4. The molecular formula is C26H28N6O5S. The first-order valence-electron chi connectivity index (χ1n) is 12.1. The first kappa shape index (κ1) is 25.2. The van der Waals surface area contributed by atoms with Crippen molar-refractivity contribution in [1.29, 1.82) is 0 Å². The van der Waals surface area contributed by atoms with Gasteiger partial charge in [0.25, 0.3) is 0 Å². The number of fused-ring (bicyclic) bond motifs is 1. The number of carbonyl (C=O) groups is 1. The second-order valence-corrected chi connectivity index (χ2v) is 10.5. The summed E-state index contributed by atoms with van der Waals surface area (Å²) in [7, 11) is -2.51. The summed E-state index contributed by atoms with van der Waals surface area (Å²) in [5, 5.41) is 4.81. The van der Waals surface area contributed by atoms with Gasteiger partial charge < -0.3 is 25.0 Å². The number of amides is 2. The zero-order valence-corrected chi connectivity index (χ0v) is 21.5. The van der Waals surface area contributed by atoms with Crippen LogP contribution in [-0.2, 0) is 10.1 Å². The molecule has 4 aromatic rings. The van der Waals surface area contributed by atoms with Crippen molar-refractivity contribution in [3.8, 4) is 11.5 Å². The summed E-state index contributed by atoms with van der Waals surface area (Å²) < 4.78 is 36.4. The van der Waals surface area contributed by atoms with Gasteiger partial charge in [0.2, 0.25) is 5.95 Å². The van der Waals surface area contributed by atoms with Gasteiger partial charge >= 0.3 is 16.1 Å². The number of hydrazine groups is 1. The third-order valence-electron chi connectivity index (χ3n) is 6.28. The molecule has 1 heterocycles. The summed E-state index contributed by atoms with van der Waals surface area (Å²) in [6.45, 7) is 0. The summed E-state index contributed by atoms with van der Waals surface area (Å²) in [6.07, 6.45) is 4.66. The number of benzene rings is 3. The standard InChI is InChI=1S/C26H28N6O5S/c1-36-20-10-8-19(9-11-20)32(31-25(27)33)26-29-23-15-12-21(16-24(23)30-26)37-38(34,35)22-13-6-18(7-14-22)28-17-4-2-3-5-17/h6-17,28H,2-5H2,1H3,(H,29,30)(H3,27,31,33). The summed E-state index contributed by atoms with van der Waals surface area (Å²) >= 11 is 0. The van der Waals surface area contributed by atoms with Crippen molar-refractivity contribution in [2.45, 2.75) is 36.6 Å². The van der Waals surface area contributed by atoms with Crippen LogP contribution in [0, 0.1) is 0 Å². The number of imidazole rings is 1. The number of methoxy groups -OCH3 is 1. The van der Waals surface area contributed by atoms with Gasteiger partial charge in [-0.15, -0.1) is 0 Å². The van der Waals surface area contributed by atoms with Crippen LogP contribution in [0.3, 0.4) is 0 Å². The van der Waals surface area contributed by atoms with Crippen LogP contribution in [0.25, 0.3) is 11.0 Å². The van der Waals surface area contributed by atoms with E-state index in [2.05, 4.69) is 20.7 Å². The smallest absolute Gasteiger partial charge is 0.339 e. The van der Waals surface area contributed by atoms with Gasteiger partial charge in [0.15, 0.2) is 0 Å². The number of primary amides is 1. The van der Waals surface area contributed by atoms with Crippen molar-refractivity contribution in [1.82, 2.24) is 15.4 Å². The highest BCUT2D eigenvalue weighted by Gasteiger charge is 2.20. The van der Waals surface area contributed by atoms with Gasteiger partial charge in [0.1, 0.15) is 16.4 Å². The first-order valence-corrected chi connectivity index (χ1v) is 13.5. The van der Waals surface area contributed by atoms with Crippen LogP contribution in [0.2, 0.25) is 0 Å². The second-order valence-electron chi connectivity index (χ2n) is 8.94. The second kappa shape index (κ2) is 10.5. The van der Waals surface area contributed by atoms with Crippen molar-refractivity contribution in [3.63, 3.8) is 0 Å². The molecule has 0 spiro atoms.